The molecule has 0 radical (unpaired) electrons. The first-order valence-corrected chi connectivity index (χ1v) is 17.3. The van der Waals surface area contributed by atoms with Crippen LogP contribution in [0.2, 0.25) is 38.3 Å². The van der Waals surface area contributed by atoms with Crippen LogP contribution in [0.4, 0.5) is 0 Å². The van der Waals surface area contributed by atoms with Crippen LogP contribution in [0, 0.1) is 0 Å². The summed E-state index contributed by atoms with van der Waals surface area (Å²) in [6.45, 7) is 13.4. The standard InChI is InChI=1S/C16H38O5SSi2/c1-7-8-15-23(3,4)21-24(5,6)16-9-10-19-11-12-20-13-14-22(2,17)18/h7-16H2,1-6H3. The lowest BCUT2D eigenvalue weighted by Crippen LogP contribution is -2.44. The highest BCUT2D eigenvalue weighted by Gasteiger charge is 2.31. The summed E-state index contributed by atoms with van der Waals surface area (Å²) in [6.07, 6.45) is 4.74. The summed E-state index contributed by atoms with van der Waals surface area (Å²) in [7, 11) is -6.06. The zero-order valence-corrected chi connectivity index (χ0v) is 19.3. The second-order valence-corrected chi connectivity index (χ2v) is 18.8. The van der Waals surface area contributed by atoms with E-state index in [0.29, 0.717) is 19.8 Å². The van der Waals surface area contributed by atoms with E-state index in [1.807, 2.05) is 0 Å². The Morgan fingerprint density at radius 3 is 1.79 bits per heavy atom. The zero-order chi connectivity index (χ0) is 18.7. The zero-order valence-electron chi connectivity index (χ0n) is 16.5. The first-order valence-electron chi connectivity index (χ1n) is 9.01. The lowest BCUT2D eigenvalue weighted by atomic mass is 10.4. The van der Waals surface area contributed by atoms with Gasteiger partial charge >= 0.3 is 0 Å². The summed E-state index contributed by atoms with van der Waals surface area (Å²) < 4.78 is 39.2. The van der Waals surface area contributed by atoms with Crippen LogP contribution in [-0.2, 0) is 23.4 Å². The summed E-state index contributed by atoms with van der Waals surface area (Å²) in [5, 5.41) is 0. The molecule has 0 atom stereocenters. The molecule has 0 saturated carbocycles. The van der Waals surface area contributed by atoms with Crippen LogP contribution in [-0.4, -0.2) is 63.5 Å². The van der Waals surface area contributed by atoms with Crippen LogP contribution in [0.25, 0.3) is 0 Å². The van der Waals surface area contributed by atoms with Gasteiger partial charge in [0, 0.05) is 12.9 Å². The first-order chi connectivity index (χ1) is 11.0. The summed E-state index contributed by atoms with van der Waals surface area (Å²) in [6, 6.07) is 2.37. The van der Waals surface area contributed by atoms with E-state index in [-0.39, 0.29) is 12.4 Å². The van der Waals surface area contributed by atoms with Gasteiger partial charge in [0.25, 0.3) is 0 Å². The maximum Gasteiger partial charge on any atom is 0.173 e. The summed E-state index contributed by atoms with van der Waals surface area (Å²) in [5.41, 5.74) is 0. The first kappa shape index (κ1) is 24.3. The molecule has 8 heteroatoms. The molecule has 0 aromatic rings. The van der Waals surface area contributed by atoms with Crippen molar-refractivity contribution in [2.24, 2.45) is 0 Å². The molecular weight excluding hydrogens is 360 g/mol. The minimum absolute atomic E-state index is 0.0713. The topological polar surface area (TPSA) is 61.8 Å². The Bertz CT molecular complexity index is 424. The van der Waals surface area contributed by atoms with E-state index < -0.39 is 26.5 Å². The van der Waals surface area contributed by atoms with Crippen LogP contribution >= 0.6 is 0 Å². The highest BCUT2D eigenvalue weighted by Crippen LogP contribution is 2.24. The van der Waals surface area contributed by atoms with Crippen LogP contribution in [0.5, 0.6) is 0 Å². The van der Waals surface area contributed by atoms with Crippen molar-refractivity contribution in [1.82, 2.24) is 0 Å². The Kier molecular flexibility index (Phi) is 11.9. The molecule has 24 heavy (non-hydrogen) atoms. The third kappa shape index (κ3) is 15.8. The molecule has 0 N–H and O–H groups in total. The van der Waals surface area contributed by atoms with Crippen molar-refractivity contribution >= 4 is 26.5 Å². The average Bonchev–Trinajstić information content (AvgIpc) is 2.41. The maximum absolute atomic E-state index is 10.9. The molecule has 0 aliphatic rings. The Morgan fingerprint density at radius 1 is 0.792 bits per heavy atom. The molecule has 0 aromatic heterocycles. The van der Waals surface area contributed by atoms with Crippen LogP contribution < -0.4 is 0 Å². The van der Waals surface area contributed by atoms with Gasteiger partial charge in [-0.15, -0.1) is 0 Å². The van der Waals surface area contributed by atoms with E-state index in [4.69, 9.17) is 13.6 Å². The van der Waals surface area contributed by atoms with Crippen LogP contribution in [0.15, 0.2) is 0 Å². The Morgan fingerprint density at radius 2 is 1.29 bits per heavy atom. The van der Waals surface area contributed by atoms with Crippen molar-refractivity contribution < 1.29 is 22.0 Å². The highest BCUT2D eigenvalue weighted by molar-refractivity contribution is 7.90. The smallest absolute Gasteiger partial charge is 0.173 e. The van der Waals surface area contributed by atoms with Gasteiger partial charge in [-0.3, -0.25) is 0 Å². The van der Waals surface area contributed by atoms with Crippen molar-refractivity contribution in [2.45, 2.75) is 64.5 Å². The van der Waals surface area contributed by atoms with E-state index in [9.17, 15) is 8.42 Å². The quantitative estimate of drug-likeness (QED) is 0.311. The number of rotatable bonds is 15. The predicted molar refractivity (Wildman–Crippen MR) is 107 cm³/mol. The molecule has 0 spiro atoms. The van der Waals surface area contributed by atoms with Gasteiger partial charge in [0.05, 0.1) is 25.6 Å². The number of ether oxygens (including phenoxy) is 2. The molecule has 0 aliphatic heterocycles. The van der Waals surface area contributed by atoms with E-state index in [1.165, 1.54) is 25.1 Å². The van der Waals surface area contributed by atoms with Gasteiger partial charge in [-0.2, -0.15) is 0 Å². The Hall–Kier alpha value is 0.264. The molecule has 146 valence electrons. The van der Waals surface area contributed by atoms with Crippen molar-refractivity contribution in [2.75, 3.05) is 38.4 Å². The van der Waals surface area contributed by atoms with Gasteiger partial charge in [0.1, 0.15) is 9.84 Å². The van der Waals surface area contributed by atoms with Crippen molar-refractivity contribution in [3.63, 3.8) is 0 Å². The van der Waals surface area contributed by atoms with E-state index >= 15 is 0 Å². The summed E-state index contributed by atoms with van der Waals surface area (Å²) >= 11 is 0. The molecule has 0 fully saturated rings. The highest BCUT2D eigenvalue weighted by atomic mass is 32.2. The fourth-order valence-corrected chi connectivity index (χ4v) is 12.0. The second-order valence-electron chi connectivity index (χ2n) is 7.68. The molecule has 0 bridgehead atoms. The molecular formula is C16H38O5SSi2. The third-order valence-corrected chi connectivity index (χ3v) is 12.2. The largest absolute Gasteiger partial charge is 0.455 e. The van der Waals surface area contributed by atoms with Crippen LogP contribution in [0.1, 0.15) is 26.2 Å². The number of hydrogen-bond donors (Lipinski definition) is 0. The fourth-order valence-electron chi connectivity index (χ4n) is 2.58. The number of unbranched alkanes of at least 4 members (excludes halogenated alkanes) is 1. The molecule has 0 unspecified atom stereocenters. The number of hydrogen-bond acceptors (Lipinski definition) is 5. The third-order valence-electron chi connectivity index (χ3n) is 3.72. The second kappa shape index (κ2) is 11.8. The normalized spacial score (nSPS) is 13.4. The maximum atomic E-state index is 10.9. The van der Waals surface area contributed by atoms with Gasteiger partial charge < -0.3 is 13.6 Å². The van der Waals surface area contributed by atoms with Crippen LogP contribution in [0.3, 0.4) is 0 Å². The molecule has 0 aliphatic carbocycles. The average molecular weight is 399 g/mol. The number of sulfone groups is 1. The van der Waals surface area contributed by atoms with Gasteiger partial charge in [-0.25, -0.2) is 8.42 Å². The monoisotopic (exact) mass is 398 g/mol. The molecule has 5 nitrogen and oxygen atoms in total. The molecule has 0 amide bonds. The van der Waals surface area contributed by atoms with Gasteiger partial charge in [-0.05, 0) is 44.7 Å². The van der Waals surface area contributed by atoms with Gasteiger partial charge in [0.2, 0.25) is 0 Å². The van der Waals surface area contributed by atoms with E-state index in [2.05, 4.69) is 33.1 Å². The van der Waals surface area contributed by atoms with Crippen molar-refractivity contribution in [3.8, 4) is 0 Å². The van der Waals surface area contributed by atoms with Crippen molar-refractivity contribution in [3.05, 3.63) is 0 Å². The molecule has 0 aromatic carbocycles. The SMILES string of the molecule is CCCC[Si](C)(C)O[Si](C)(C)CCCOCCOCCS(C)(=O)=O. The van der Waals surface area contributed by atoms with E-state index in [0.717, 1.165) is 12.5 Å². The minimum atomic E-state index is -2.93. The van der Waals surface area contributed by atoms with Gasteiger partial charge in [-0.1, -0.05) is 19.8 Å². The Balaban J connectivity index is 3.71. The lowest BCUT2D eigenvalue weighted by molar-refractivity contribution is 0.0535. The van der Waals surface area contributed by atoms with Crippen molar-refractivity contribution in [1.29, 1.82) is 0 Å². The Labute approximate surface area is 151 Å². The predicted octanol–water partition coefficient (Wildman–Crippen LogP) is 3.68. The lowest BCUT2D eigenvalue weighted by Gasteiger charge is -2.34. The summed E-state index contributed by atoms with van der Waals surface area (Å²) in [5.74, 6) is 0.0713. The molecule has 0 heterocycles. The minimum Gasteiger partial charge on any atom is -0.455 e. The van der Waals surface area contributed by atoms with Gasteiger partial charge in [0.15, 0.2) is 16.6 Å². The molecule has 0 rings (SSSR count). The fraction of sp³-hybridized carbons (Fsp3) is 1.00. The van der Waals surface area contributed by atoms with E-state index in [1.54, 1.807) is 0 Å². The summed E-state index contributed by atoms with van der Waals surface area (Å²) in [4.78, 5) is 0. The molecule has 0 saturated heterocycles.